The van der Waals surface area contributed by atoms with E-state index in [2.05, 4.69) is 30.6 Å². The number of thiocarbonyl (C=S) groups is 1. The zero-order valence-electron chi connectivity index (χ0n) is 15.0. The number of hydrogen-bond donors (Lipinski definition) is 2. The van der Waals surface area contributed by atoms with Gasteiger partial charge in [-0.1, -0.05) is 30.3 Å². The van der Waals surface area contributed by atoms with E-state index < -0.39 is 11.9 Å². The van der Waals surface area contributed by atoms with Gasteiger partial charge in [-0.25, -0.2) is 19.9 Å². The molecule has 0 fully saturated rings. The number of benzene rings is 1. The summed E-state index contributed by atoms with van der Waals surface area (Å²) < 4.78 is 39.7. The first kappa shape index (κ1) is 20.9. The van der Waals surface area contributed by atoms with Crippen LogP contribution in [0.5, 0.6) is 0 Å². The van der Waals surface area contributed by atoms with Gasteiger partial charge in [0.15, 0.2) is 16.0 Å². The Labute approximate surface area is 174 Å². The Morgan fingerprint density at radius 2 is 1.76 bits per heavy atom. The van der Waals surface area contributed by atoms with E-state index >= 15 is 0 Å². The van der Waals surface area contributed by atoms with Crippen LogP contribution in [0, 0.1) is 0 Å². The van der Waals surface area contributed by atoms with E-state index in [0.29, 0.717) is 0 Å². The molecule has 0 saturated heterocycles. The third-order valence-electron chi connectivity index (χ3n) is 3.60. The minimum absolute atomic E-state index is 0.0416. The summed E-state index contributed by atoms with van der Waals surface area (Å²) >= 11 is 6.10. The third kappa shape index (κ3) is 6.09. The number of hydrogen-bond acceptors (Lipinski definition) is 6. The fourth-order valence-electron chi connectivity index (χ4n) is 2.27. The largest absolute Gasteiger partial charge is 0.433 e. The Kier molecular flexibility index (Phi) is 6.60. The summed E-state index contributed by atoms with van der Waals surface area (Å²) in [6.07, 6.45) is -1.66. The predicted octanol–water partition coefficient (Wildman–Crippen LogP) is 4.48. The van der Waals surface area contributed by atoms with E-state index in [1.165, 1.54) is 12.4 Å². The zero-order chi connectivity index (χ0) is 20.9. The zero-order valence-corrected chi connectivity index (χ0v) is 16.6. The predicted molar refractivity (Wildman–Crippen MR) is 107 cm³/mol. The molecule has 29 heavy (non-hydrogen) atoms. The van der Waals surface area contributed by atoms with Crippen molar-refractivity contribution < 1.29 is 13.2 Å². The molecule has 3 aromatic rings. The van der Waals surface area contributed by atoms with Gasteiger partial charge >= 0.3 is 6.18 Å². The molecule has 0 unspecified atom stereocenters. The maximum absolute atomic E-state index is 13.2. The van der Waals surface area contributed by atoms with Gasteiger partial charge in [0.25, 0.3) is 0 Å². The molecule has 0 aliphatic carbocycles. The van der Waals surface area contributed by atoms with Crippen LogP contribution in [0.4, 0.5) is 19.1 Å². The highest BCUT2D eigenvalue weighted by atomic mass is 32.2. The summed E-state index contributed by atoms with van der Waals surface area (Å²) in [5, 5.41) is 6.04. The minimum atomic E-state index is -4.64. The molecular weight excluding hydrogens is 421 g/mol. The highest BCUT2D eigenvalue weighted by molar-refractivity contribution is 7.99. The summed E-state index contributed by atoms with van der Waals surface area (Å²) in [5.41, 5.74) is -0.119. The average molecular weight is 436 g/mol. The molecule has 1 aromatic carbocycles. The van der Waals surface area contributed by atoms with Crippen LogP contribution in [-0.4, -0.2) is 25.0 Å². The monoisotopic (exact) mass is 436 g/mol. The molecule has 0 saturated carbocycles. The Hall–Kier alpha value is -2.79. The summed E-state index contributed by atoms with van der Waals surface area (Å²) in [4.78, 5) is 15.6. The second-order valence-electron chi connectivity index (χ2n) is 5.78. The van der Waals surface area contributed by atoms with Crippen LogP contribution >= 0.6 is 24.0 Å². The standard InChI is InChI=1S/C18H15F3N6S2/c1-11(12-6-3-2-4-7-12)24-16(28)27-15-25-13(18(19,20)21)10-14(26-15)29-17-22-8-5-9-23-17/h2-11H,1H3,(H2,24,25,26,27,28)/t11-/m0/s1. The van der Waals surface area contributed by atoms with Crippen LogP contribution in [0.25, 0.3) is 0 Å². The molecule has 2 N–H and O–H groups in total. The quantitative estimate of drug-likeness (QED) is 0.344. The smallest absolute Gasteiger partial charge is 0.356 e. The second kappa shape index (κ2) is 9.14. The lowest BCUT2D eigenvalue weighted by Crippen LogP contribution is -2.31. The van der Waals surface area contributed by atoms with Crippen LogP contribution in [0.3, 0.4) is 0 Å². The van der Waals surface area contributed by atoms with Gasteiger partial charge in [0.2, 0.25) is 5.95 Å². The first-order valence-corrected chi connectivity index (χ1v) is 9.57. The van der Waals surface area contributed by atoms with Crippen LogP contribution in [-0.2, 0) is 6.18 Å². The van der Waals surface area contributed by atoms with E-state index in [9.17, 15) is 13.2 Å². The van der Waals surface area contributed by atoms with Gasteiger partial charge in [0.05, 0.1) is 6.04 Å². The lowest BCUT2D eigenvalue weighted by molar-refractivity contribution is -0.141. The van der Waals surface area contributed by atoms with Gasteiger partial charge in [0.1, 0.15) is 5.03 Å². The molecule has 0 spiro atoms. The van der Waals surface area contributed by atoms with Crippen molar-refractivity contribution in [1.29, 1.82) is 0 Å². The normalized spacial score (nSPS) is 12.3. The lowest BCUT2D eigenvalue weighted by atomic mass is 10.1. The minimum Gasteiger partial charge on any atom is -0.356 e. The lowest BCUT2D eigenvalue weighted by Gasteiger charge is -2.17. The number of rotatable bonds is 5. The number of alkyl halides is 3. The number of nitrogens with one attached hydrogen (secondary N) is 2. The van der Waals surface area contributed by atoms with Crippen molar-refractivity contribution in [1.82, 2.24) is 25.3 Å². The molecule has 6 nitrogen and oxygen atoms in total. The van der Waals surface area contributed by atoms with Crippen LogP contribution < -0.4 is 10.6 Å². The Bertz CT molecular complexity index is 970. The fraction of sp³-hybridized carbons (Fsp3) is 0.167. The summed E-state index contributed by atoms with van der Waals surface area (Å²) in [6.45, 7) is 1.88. The van der Waals surface area contributed by atoms with E-state index in [0.717, 1.165) is 23.4 Å². The van der Waals surface area contributed by atoms with Gasteiger partial charge in [-0.3, -0.25) is 0 Å². The molecule has 0 radical (unpaired) electrons. The first-order chi connectivity index (χ1) is 13.8. The molecule has 1 atom stereocenters. The van der Waals surface area contributed by atoms with Crippen LogP contribution in [0.1, 0.15) is 24.2 Å². The van der Waals surface area contributed by atoms with Crippen molar-refractivity contribution in [3.8, 4) is 0 Å². The number of aromatic nitrogens is 4. The summed E-state index contributed by atoms with van der Waals surface area (Å²) in [5.74, 6) is -0.268. The van der Waals surface area contributed by atoms with Crippen molar-refractivity contribution in [3.05, 3.63) is 66.1 Å². The maximum atomic E-state index is 13.2. The second-order valence-corrected chi connectivity index (χ2v) is 7.17. The number of anilines is 1. The van der Waals surface area contributed by atoms with E-state index in [4.69, 9.17) is 12.2 Å². The van der Waals surface area contributed by atoms with E-state index in [1.807, 2.05) is 37.3 Å². The third-order valence-corrected chi connectivity index (χ3v) is 4.64. The number of halogens is 3. The van der Waals surface area contributed by atoms with Crippen molar-refractivity contribution in [2.75, 3.05) is 5.32 Å². The van der Waals surface area contributed by atoms with E-state index in [-0.39, 0.29) is 27.3 Å². The number of nitrogens with zero attached hydrogens (tertiary/aromatic N) is 4. The molecule has 0 bridgehead atoms. The summed E-state index contributed by atoms with van der Waals surface area (Å²) in [6, 6.07) is 11.8. The SMILES string of the molecule is C[C@H](NC(=S)Nc1nc(Sc2ncccn2)cc(C(F)(F)F)n1)c1ccccc1. The maximum Gasteiger partial charge on any atom is 0.433 e. The van der Waals surface area contributed by atoms with Gasteiger partial charge in [-0.2, -0.15) is 13.2 Å². The van der Waals surface area contributed by atoms with Gasteiger partial charge in [0, 0.05) is 18.5 Å². The highest BCUT2D eigenvalue weighted by Crippen LogP contribution is 2.32. The fourth-order valence-corrected chi connectivity index (χ4v) is 3.25. The first-order valence-electron chi connectivity index (χ1n) is 8.35. The molecule has 11 heteroatoms. The molecule has 0 aliphatic heterocycles. The van der Waals surface area contributed by atoms with Gasteiger partial charge in [-0.05, 0) is 42.5 Å². The van der Waals surface area contributed by atoms with Crippen LogP contribution in [0.15, 0.2) is 65.0 Å². The van der Waals surface area contributed by atoms with Crippen molar-refractivity contribution >= 4 is 35.0 Å². The van der Waals surface area contributed by atoms with Crippen LogP contribution in [0.2, 0.25) is 0 Å². The molecule has 0 aliphatic rings. The molecule has 0 amide bonds. The van der Waals surface area contributed by atoms with E-state index in [1.54, 1.807) is 6.07 Å². The molecule has 150 valence electrons. The topological polar surface area (TPSA) is 75.6 Å². The Balaban J connectivity index is 1.78. The highest BCUT2D eigenvalue weighted by Gasteiger charge is 2.34. The molecular formula is C18H15F3N6S2. The Morgan fingerprint density at radius 1 is 1.07 bits per heavy atom. The van der Waals surface area contributed by atoms with Crippen molar-refractivity contribution in [2.24, 2.45) is 0 Å². The summed E-state index contributed by atoms with van der Waals surface area (Å²) in [7, 11) is 0. The molecule has 2 aromatic heterocycles. The van der Waals surface area contributed by atoms with Crippen molar-refractivity contribution in [2.45, 2.75) is 29.3 Å². The molecule has 3 rings (SSSR count). The molecule has 2 heterocycles. The van der Waals surface area contributed by atoms with Gasteiger partial charge < -0.3 is 10.6 Å². The average Bonchev–Trinajstić information content (AvgIpc) is 2.68. The van der Waals surface area contributed by atoms with Crippen molar-refractivity contribution in [3.63, 3.8) is 0 Å². The Morgan fingerprint density at radius 3 is 2.41 bits per heavy atom. The van der Waals surface area contributed by atoms with Gasteiger partial charge in [-0.15, -0.1) is 0 Å².